The van der Waals surface area contributed by atoms with Crippen molar-refractivity contribution in [2.75, 3.05) is 12.4 Å². The molecule has 0 atom stereocenters. The molecule has 0 spiro atoms. The molecule has 3 rings (SSSR count). The van der Waals surface area contributed by atoms with Crippen LogP contribution in [0.15, 0.2) is 60.3 Å². The quantitative estimate of drug-likeness (QED) is 0.664. The molecule has 0 radical (unpaired) electrons. The molecule has 27 heavy (non-hydrogen) atoms. The van der Waals surface area contributed by atoms with Gasteiger partial charge in [-0.25, -0.2) is 0 Å². The van der Waals surface area contributed by atoms with E-state index in [4.69, 9.17) is 9.47 Å². The normalized spacial score (nSPS) is 15.0. The van der Waals surface area contributed by atoms with Gasteiger partial charge in [-0.15, -0.1) is 0 Å². The third-order valence-electron chi connectivity index (χ3n) is 4.80. The Labute approximate surface area is 161 Å². The Morgan fingerprint density at radius 2 is 1.89 bits per heavy atom. The molecule has 1 fully saturated rings. The van der Waals surface area contributed by atoms with Crippen molar-refractivity contribution in [1.29, 1.82) is 5.26 Å². The number of nitrogens with one attached hydrogen (secondary N) is 1. The standard InChI is InChI=1S/C23H26N2O2/c1-26-23-15-18(12-13-22(23)27-21-10-6-3-7-11-21)14-19(16-24)17-25-20-8-4-2-5-9-20/h2,4-5,8-9,12-13,15,17,21,25H,3,6-7,10-11,14H2,1H3. The molecular weight excluding hydrogens is 336 g/mol. The molecule has 0 amide bonds. The molecule has 0 bridgehead atoms. The van der Waals surface area contributed by atoms with E-state index in [1.54, 1.807) is 13.3 Å². The molecule has 2 aromatic rings. The van der Waals surface area contributed by atoms with E-state index in [-0.39, 0.29) is 6.10 Å². The van der Waals surface area contributed by atoms with Gasteiger partial charge in [0.25, 0.3) is 0 Å². The highest BCUT2D eigenvalue weighted by Crippen LogP contribution is 2.32. The summed E-state index contributed by atoms with van der Waals surface area (Å²) >= 11 is 0. The van der Waals surface area contributed by atoms with Crippen molar-refractivity contribution in [2.45, 2.75) is 44.6 Å². The summed E-state index contributed by atoms with van der Waals surface area (Å²) < 4.78 is 11.7. The number of benzene rings is 2. The second-order valence-electron chi connectivity index (χ2n) is 6.83. The molecule has 4 heteroatoms. The van der Waals surface area contributed by atoms with E-state index in [0.29, 0.717) is 12.0 Å². The molecule has 1 N–H and O–H groups in total. The topological polar surface area (TPSA) is 54.3 Å². The van der Waals surface area contributed by atoms with Crippen molar-refractivity contribution < 1.29 is 9.47 Å². The summed E-state index contributed by atoms with van der Waals surface area (Å²) in [6.07, 6.45) is 8.56. The highest BCUT2D eigenvalue weighted by molar-refractivity contribution is 5.48. The van der Waals surface area contributed by atoms with Crippen LogP contribution >= 0.6 is 0 Å². The van der Waals surface area contributed by atoms with Crippen LogP contribution in [-0.4, -0.2) is 13.2 Å². The number of para-hydroxylation sites is 1. The van der Waals surface area contributed by atoms with Gasteiger partial charge < -0.3 is 14.8 Å². The number of nitriles is 1. The molecule has 1 saturated carbocycles. The number of allylic oxidation sites excluding steroid dienone is 1. The van der Waals surface area contributed by atoms with Crippen molar-refractivity contribution in [3.8, 4) is 17.6 Å². The van der Waals surface area contributed by atoms with E-state index in [1.807, 2.05) is 48.5 Å². The molecule has 0 saturated heterocycles. The van der Waals surface area contributed by atoms with Gasteiger partial charge in [0.1, 0.15) is 0 Å². The number of ether oxygens (including phenoxy) is 2. The van der Waals surface area contributed by atoms with Crippen LogP contribution in [-0.2, 0) is 6.42 Å². The summed E-state index contributed by atoms with van der Waals surface area (Å²) in [6, 6.07) is 18.0. The molecule has 0 heterocycles. The monoisotopic (exact) mass is 362 g/mol. The molecule has 1 aliphatic rings. The third-order valence-corrected chi connectivity index (χ3v) is 4.80. The first kappa shape index (κ1) is 18.8. The Kier molecular flexibility index (Phi) is 6.76. The zero-order chi connectivity index (χ0) is 18.9. The number of hydrogen-bond donors (Lipinski definition) is 1. The molecule has 140 valence electrons. The van der Waals surface area contributed by atoms with Crippen molar-refractivity contribution in [2.24, 2.45) is 0 Å². The average Bonchev–Trinajstić information content (AvgIpc) is 2.73. The lowest BCUT2D eigenvalue weighted by molar-refractivity contribution is 0.149. The predicted molar refractivity (Wildman–Crippen MR) is 108 cm³/mol. The van der Waals surface area contributed by atoms with Crippen LogP contribution < -0.4 is 14.8 Å². The minimum Gasteiger partial charge on any atom is -0.493 e. The Morgan fingerprint density at radius 3 is 2.59 bits per heavy atom. The van der Waals surface area contributed by atoms with Gasteiger partial charge >= 0.3 is 0 Å². The Balaban J connectivity index is 1.67. The Morgan fingerprint density at radius 1 is 1.11 bits per heavy atom. The summed E-state index contributed by atoms with van der Waals surface area (Å²) in [5.74, 6) is 1.52. The average molecular weight is 362 g/mol. The number of anilines is 1. The lowest BCUT2D eigenvalue weighted by Gasteiger charge is -2.24. The maximum atomic E-state index is 9.45. The van der Waals surface area contributed by atoms with Gasteiger partial charge in [0.15, 0.2) is 11.5 Å². The maximum Gasteiger partial charge on any atom is 0.161 e. The summed E-state index contributed by atoms with van der Waals surface area (Å²) in [5.41, 5.74) is 2.63. The first-order valence-corrected chi connectivity index (χ1v) is 9.53. The molecule has 4 nitrogen and oxygen atoms in total. The van der Waals surface area contributed by atoms with Crippen LogP contribution in [0.5, 0.6) is 11.5 Å². The molecule has 0 aliphatic heterocycles. The van der Waals surface area contributed by atoms with Gasteiger partial charge in [-0.2, -0.15) is 5.26 Å². The minimum absolute atomic E-state index is 0.281. The Bertz CT molecular complexity index is 803. The zero-order valence-electron chi connectivity index (χ0n) is 15.8. The maximum absolute atomic E-state index is 9.45. The molecule has 1 aliphatic carbocycles. The molecule has 0 aromatic heterocycles. The van der Waals surface area contributed by atoms with Crippen LogP contribution in [0.4, 0.5) is 5.69 Å². The Hall–Kier alpha value is -2.93. The second-order valence-corrected chi connectivity index (χ2v) is 6.83. The van der Waals surface area contributed by atoms with Gasteiger partial charge in [0.05, 0.1) is 19.3 Å². The number of hydrogen-bond acceptors (Lipinski definition) is 4. The van der Waals surface area contributed by atoms with Crippen molar-refractivity contribution in [1.82, 2.24) is 0 Å². The van der Waals surface area contributed by atoms with E-state index >= 15 is 0 Å². The van der Waals surface area contributed by atoms with Crippen molar-refractivity contribution in [3.05, 3.63) is 65.9 Å². The van der Waals surface area contributed by atoms with Crippen molar-refractivity contribution in [3.63, 3.8) is 0 Å². The van der Waals surface area contributed by atoms with Crippen LogP contribution in [0.3, 0.4) is 0 Å². The third kappa shape index (κ3) is 5.52. The summed E-state index contributed by atoms with van der Waals surface area (Å²) in [6.45, 7) is 0. The smallest absolute Gasteiger partial charge is 0.161 e. The number of methoxy groups -OCH3 is 1. The summed E-state index contributed by atoms with van der Waals surface area (Å²) in [7, 11) is 1.66. The lowest BCUT2D eigenvalue weighted by Crippen LogP contribution is -2.19. The number of nitrogens with zero attached hydrogens (tertiary/aromatic N) is 1. The highest BCUT2D eigenvalue weighted by atomic mass is 16.5. The fourth-order valence-electron chi connectivity index (χ4n) is 3.33. The van der Waals surface area contributed by atoms with Gasteiger partial charge in [-0.3, -0.25) is 0 Å². The van der Waals surface area contributed by atoms with Crippen LogP contribution in [0.2, 0.25) is 0 Å². The number of rotatable bonds is 7. The zero-order valence-corrected chi connectivity index (χ0v) is 15.8. The second kappa shape index (κ2) is 9.68. The van der Waals surface area contributed by atoms with E-state index in [0.717, 1.165) is 35.6 Å². The van der Waals surface area contributed by atoms with Gasteiger partial charge in [-0.1, -0.05) is 30.7 Å². The minimum atomic E-state index is 0.281. The fraction of sp³-hybridized carbons (Fsp3) is 0.348. The SMILES string of the molecule is COc1cc(CC(C#N)=CNc2ccccc2)ccc1OC1CCCCC1. The molecular formula is C23H26N2O2. The van der Waals surface area contributed by atoms with Gasteiger partial charge in [0.2, 0.25) is 0 Å². The lowest BCUT2D eigenvalue weighted by atomic mass is 9.98. The molecule has 2 aromatic carbocycles. The van der Waals surface area contributed by atoms with Crippen LogP contribution in [0, 0.1) is 11.3 Å². The van der Waals surface area contributed by atoms with E-state index in [9.17, 15) is 5.26 Å². The first-order valence-electron chi connectivity index (χ1n) is 9.53. The summed E-state index contributed by atoms with van der Waals surface area (Å²) in [5, 5.41) is 12.6. The van der Waals surface area contributed by atoms with E-state index < -0.39 is 0 Å². The first-order chi connectivity index (χ1) is 13.3. The van der Waals surface area contributed by atoms with Crippen LogP contribution in [0.1, 0.15) is 37.7 Å². The highest BCUT2D eigenvalue weighted by Gasteiger charge is 2.17. The largest absolute Gasteiger partial charge is 0.493 e. The van der Waals surface area contributed by atoms with E-state index in [2.05, 4.69) is 11.4 Å². The van der Waals surface area contributed by atoms with Crippen LogP contribution in [0.25, 0.3) is 0 Å². The van der Waals surface area contributed by atoms with Gasteiger partial charge in [-0.05, 0) is 55.5 Å². The fourth-order valence-corrected chi connectivity index (χ4v) is 3.33. The predicted octanol–water partition coefficient (Wildman–Crippen LogP) is 5.47. The van der Waals surface area contributed by atoms with E-state index in [1.165, 1.54) is 19.3 Å². The van der Waals surface area contributed by atoms with Gasteiger partial charge in [0, 0.05) is 23.9 Å². The van der Waals surface area contributed by atoms with Crippen molar-refractivity contribution >= 4 is 5.69 Å². The molecule has 0 unspecified atom stereocenters. The summed E-state index contributed by atoms with van der Waals surface area (Å²) in [4.78, 5) is 0.